The van der Waals surface area contributed by atoms with Crippen molar-refractivity contribution < 1.29 is 19.8 Å². The second-order valence-corrected chi connectivity index (χ2v) is 12.0. The van der Waals surface area contributed by atoms with E-state index in [2.05, 4.69) is 19.2 Å². The highest BCUT2D eigenvalue weighted by Gasteiger charge is 2.67. The number of aliphatic hydroxyl groups excluding tert-OH is 1. The Kier molecular flexibility index (Phi) is 4.34. The summed E-state index contributed by atoms with van der Waals surface area (Å²) >= 11 is 0. The lowest BCUT2D eigenvalue weighted by atomic mass is 9.45. The summed E-state index contributed by atoms with van der Waals surface area (Å²) < 4.78 is 0. The molecule has 1 aromatic rings. The van der Waals surface area contributed by atoms with Crippen LogP contribution < -0.4 is 5.32 Å². The largest absolute Gasteiger partial charge is 0.393 e. The van der Waals surface area contributed by atoms with E-state index in [1.807, 2.05) is 12.1 Å². The van der Waals surface area contributed by atoms with Crippen molar-refractivity contribution in [2.45, 2.75) is 76.9 Å². The van der Waals surface area contributed by atoms with E-state index in [1.165, 1.54) is 0 Å². The predicted octanol–water partition coefficient (Wildman–Crippen LogP) is 4.03. The summed E-state index contributed by atoms with van der Waals surface area (Å²) in [5, 5.41) is 24.8. The first kappa shape index (κ1) is 20.9. The van der Waals surface area contributed by atoms with Crippen LogP contribution in [-0.4, -0.2) is 28.0 Å². The summed E-state index contributed by atoms with van der Waals surface area (Å²) in [6, 6.07) is 7.25. The van der Waals surface area contributed by atoms with Gasteiger partial charge in [-0.2, -0.15) is 0 Å². The minimum atomic E-state index is -1.76. The summed E-state index contributed by atoms with van der Waals surface area (Å²) in [5.41, 5.74) is -0.812. The van der Waals surface area contributed by atoms with Gasteiger partial charge in [0.25, 0.3) is 5.91 Å². The van der Waals surface area contributed by atoms with Crippen molar-refractivity contribution in [1.82, 2.24) is 0 Å². The zero-order valence-corrected chi connectivity index (χ0v) is 19.1. The smallest absolute Gasteiger partial charge is 0.261 e. The minimum Gasteiger partial charge on any atom is -0.393 e. The maximum absolute atomic E-state index is 13.9. The number of fused-ring (bicyclic) bond motifs is 6. The van der Waals surface area contributed by atoms with Gasteiger partial charge in [0, 0.05) is 16.7 Å². The zero-order chi connectivity index (χ0) is 22.5. The summed E-state index contributed by atoms with van der Waals surface area (Å²) in [6.45, 7) is 4.54. The molecule has 32 heavy (non-hydrogen) atoms. The fourth-order valence-corrected chi connectivity index (χ4v) is 9.03. The lowest BCUT2D eigenvalue weighted by Crippen LogP contribution is -2.54. The van der Waals surface area contributed by atoms with Gasteiger partial charge in [0.05, 0.1) is 12.0 Å². The van der Waals surface area contributed by atoms with Crippen LogP contribution in [0.2, 0.25) is 0 Å². The summed E-state index contributed by atoms with van der Waals surface area (Å²) in [7, 11) is 0. The van der Waals surface area contributed by atoms with Gasteiger partial charge in [0.15, 0.2) is 5.60 Å². The molecule has 5 aliphatic rings. The van der Waals surface area contributed by atoms with E-state index in [1.54, 1.807) is 12.1 Å². The van der Waals surface area contributed by atoms with Gasteiger partial charge in [-0.1, -0.05) is 32.0 Å². The number of rotatable bonds is 1. The molecule has 4 saturated carbocycles. The molecule has 1 aliphatic heterocycles. The van der Waals surface area contributed by atoms with Crippen LogP contribution in [0.5, 0.6) is 0 Å². The summed E-state index contributed by atoms with van der Waals surface area (Å²) in [4.78, 5) is 26.9. The van der Waals surface area contributed by atoms with E-state index in [9.17, 15) is 19.8 Å². The first-order valence-corrected chi connectivity index (χ1v) is 12.6. The zero-order valence-electron chi connectivity index (χ0n) is 19.1. The molecule has 4 fully saturated rings. The number of para-hydroxylation sites is 1. The van der Waals surface area contributed by atoms with Crippen LogP contribution in [0.3, 0.4) is 0 Å². The highest BCUT2D eigenvalue weighted by atomic mass is 16.3. The molecule has 1 heterocycles. The lowest BCUT2D eigenvalue weighted by Gasteiger charge is -2.60. The van der Waals surface area contributed by atoms with Crippen LogP contribution in [0, 0.1) is 40.4 Å². The highest BCUT2D eigenvalue weighted by Crippen LogP contribution is 2.67. The number of benzene rings is 1. The third kappa shape index (κ3) is 2.47. The molecule has 0 spiro atoms. The molecule has 5 nitrogen and oxygen atoms in total. The molecular weight excluding hydrogens is 402 g/mol. The Morgan fingerprint density at radius 2 is 1.75 bits per heavy atom. The van der Waals surface area contributed by atoms with E-state index >= 15 is 0 Å². The number of hydrogen-bond acceptors (Lipinski definition) is 4. The maximum atomic E-state index is 13.9. The molecular formula is C27H35NO4. The van der Waals surface area contributed by atoms with Crippen molar-refractivity contribution in [2.75, 3.05) is 5.32 Å². The van der Waals surface area contributed by atoms with Gasteiger partial charge in [0.2, 0.25) is 0 Å². The van der Waals surface area contributed by atoms with Crippen LogP contribution in [0.4, 0.5) is 5.69 Å². The molecule has 3 N–H and O–H groups in total. The second-order valence-electron chi connectivity index (χ2n) is 12.0. The van der Waals surface area contributed by atoms with Crippen LogP contribution in [0.1, 0.15) is 70.8 Å². The molecule has 0 aromatic heterocycles. The van der Waals surface area contributed by atoms with E-state index in [4.69, 9.17) is 0 Å². The summed E-state index contributed by atoms with van der Waals surface area (Å²) in [6.07, 6.45) is 7.41. The molecule has 9 atom stereocenters. The molecule has 0 radical (unpaired) electrons. The fourth-order valence-electron chi connectivity index (χ4n) is 9.03. The third-order valence-electron chi connectivity index (χ3n) is 10.8. The topological polar surface area (TPSA) is 86.6 Å². The molecule has 172 valence electrons. The molecule has 1 aromatic carbocycles. The number of carbonyl (C=O) groups is 2. The third-order valence-corrected chi connectivity index (χ3v) is 10.8. The molecule has 0 bridgehead atoms. The Morgan fingerprint density at radius 1 is 0.969 bits per heavy atom. The number of hydrogen-bond donors (Lipinski definition) is 3. The Balaban J connectivity index is 1.35. The number of carbonyl (C=O) groups excluding carboxylic acids is 2. The van der Waals surface area contributed by atoms with Crippen molar-refractivity contribution in [1.29, 1.82) is 0 Å². The number of aliphatic hydroxyl groups is 2. The highest BCUT2D eigenvalue weighted by molar-refractivity contribution is 6.09. The summed E-state index contributed by atoms with van der Waals surface area (Å²) in [5.74, 6) is 0.766. The molecule has 1 amide bonds. The van der Waals surface area contributed by atoms with Crippen molar-refractivity contribution in [3.63, 3.8) is 0 Å². The van der Waals surface area contributed by atoms with Crippen LogP contribution >= 0.6 is 0 Å². The van der Waals surface area contributed by atoms with E-state index in [-0.39, 0.29) is 23.2 Å². The van der Waals surface area contributed by atoms with E-state index in [0.29, 0.717) is 35.4 Å². The van der Waals surface area contributed by atoms with Crippen LogP contribution in [-0.2, 0) is 15.2 Å². The Labute approximate surface area is 190 Å². The van der Waals surface area contributed by atoms with E-state index < -0.39 is 22.8 Å². The van der Waals surface area contributed by atoms with Crippen molar-refractivity contribution in [2.24, 2.45) is 40.4 Å². The normalized spacial score (nSPS) is 49.6. The first-order chi connectivity index (χ1) is 15.2. The van der Waals surface area contributed by atoms with Crippen LogP contribution in [0.25, 0.3) is 0 Å². The fraction of sp³-hybridized carbons (Fsp3) is 0.704. The SMILES string of the molecule is C[C@]12CC[C@@H](O)C[C@@H]1CC[C@@H]1[C@@H]2CC[C@]2(C)C(=O)[C@@H]([C@@]3(O)C(=O)Nc4ccccc43)C[C@@H]12. The van der Waals surface area contributed by atoms with Crippen molar-refractivity contribution >= 4 is 17.4 Å². The molecule has 0 saturated heterocycles. The number of amides is 1. The average Bonchev–Trinajstić information content (AvgIpc) is 3.20. The Morgan fingerprint density at radius 3 is 2.56 bits per heavy atom. The van der Waals surface area contributed by atoms with Gasteiger partial charge in [0.1, 0.15) is 5.78 Å². The van der Waals surface area contributed by atoms with Gasteiger partial charge in [-0.25, -0.2) is 0 Å². The maximum Gasteiger partial charge on any atom is 0.261 e. The lowest BCUT2D eigenvalue weighted by molar-refractivity contribution is -0.151. The van der Waals surface area contributed by atoms with Crippen molar-refractivity contribution in [3.05, 3.63) is 29.8 Å². The van der Waals surface area contributed by atoms with Gasteiger partial charge in [-0.3, -0.25) is 9.59 Å². The number of ketones is 1. The quantitative estimate of drug-likeness (QED) is 0.619. The van der Waals surface area contributed by atoms with Gasteiger partial charge in [-0.05, 0) is 86.5 Å². The van der Waals surface area contributed by atoms with Gasteiger partial charge in [-0.15, -0.1) is 0 Å². The molecule has 5 heteroatoms. The standard InChI is InChI=1S/C27H35NO4/c1-25-11-9-16(29)13-15(25)7-8-17-18(25)10-12-26(2)20(17)14-21(23(26)30)27(32)19-5-3-4-6-22(19)28-24(27)31/h3-6,15-18,20-21,29,32H,7-14H2,1-2H3,(H,28,31)/t15-,16+,17+,18-,20-,21-,25-,26-,27+/m0/s1. The Bertz CT molecular complexity index is 992. The predicted molar refractivity (Wildman–Crippen MR) is 121 cm³/mol. The Hall–Kier alpha value is -1.72. The molecule has 4 aliphatic carbocycles. The van der Waals surface area contributed by atoms with Gasteiger partial charge < -0.3 is 15.5 Å². The molecule has 0 unspecified atom stereocenters. The first-order valence-electron chi connectivity index (χ1n) is 12.6. The van der Waals surface area contributed by atoms with E-state index in [0.717, 1.165) is 44.9 Å². The van der Waals surface area contributed by atoms with Crippen LogP contribution in [0.15, 0.2) is 24.3 Å². The van der Waals surface area contributed by atoms with Crippen molar-refractivity contribution in [3.8, 4) is 0 Å². The monoisotopic (exact) mass is 437 g/mol. The number of nitrogens with one attached hydrogen (secondary N) is 1. The minimum absolute atomic E-state index is 0.0849. The number of anilines is 1. The second kappa shape index (κ2) is 6.66. The number of Topliss-reactive ketones (excluding diaryl/α,β-unsaturated/α-hetero) is 1. The molecule has 6 rings (SSSR count). The van der Waals surface area contributed by atoms with Gasteiger partial charge >= 0.3 is 0 Å². The average molecular weight is 438 g/mol.